The number of ether oxygens (including phenoxy) is 2. The van der Waals surface area contributed by atoms with Crippen LogP contribution in [0.5, 0.6) is 5.75 Å². The summed E-state index contributed by atoms with van der Waals surface area (Å²) in [6.45, 7) is -4.39. The molecule has 0 aromatic heterocycles. The van der Waals surface area contributed by atoms with Crippen molar-refractivity contribution in [3.63, 3.8) is 0 Å². The summed E-state index contributed by atoms with van der Waals surface area (Å²) in [5.41, 5.74) is 0.255. The van der Waals surface area contributed by atoms with Crippen molar-refractivity contribution in [1.29, 1.82) is 0 Å². The largest absolute Gasteiger partial charge is 0.454 e. The third kappa shape index (κ3) is 5.28. The van der Waals surface area contributed by atoms with E-state index in [0.717, 1.165) is 0 Å². The van der Waals surface area contributed by atoms with Crippen molar-refractivity contribution in [2.24, 2.45) is 0 Å². The third-order valence-corrected chi connectivity index (χ3v) is 4.75. The van der Waals surface area contributed by atoms with Gasteiger partial charge in [0.1, 0.15) is 12.3 Å². The second-order valence-electron chi connectivity index (χ2n) is 6.12. The van der Waals surface area contributed by atoms with Crippen LogP contribution in [0.3, 0.4) is 0 Å². The molecule has 0 saturated heterocycles. The highest BCUT2D eigenvalue weighted by Gasteiger charge is 2.37. The van der Waals surface area contributed by atoms with Gasteiger partial charge in [-0.15, -0.1) is 0 Å². The van der Waals surface area contributed by atoms with Crippen LogP contribution in [0.25, 0.3) is 0 Å². The van der Waals surface area contributed by atoms with Crippen LogP contribution in [-0.2, 0) is 14.3 Å². The number of halogens is 4. The molecule has 0 unspecified atom stereocenters. The first-order valence-electron chi connectivity index (χ1n) is 8.51. The lowest BCUT2D eigenvalue weighted by molar-refractivity contribution is -0.147. The van der Waals surface area contributed by atoms with Gasteiger partial charge in [0, 0.05) is 5.69 Å². The second-order valence-corrected chi connectivity index (χ2v) is 6.93. The summed E-state index contributed by atoms with van der Waals surface area (Å²) in [6.07, 6.45) is 0. The number of carbonyl (C=O) groups is 4. The molecular weight excluding hydrogens is 461 g/mol. The normalized spacial score (nSPS) is 12.7. The molecule has 162 valence electrons. The van der Waals surface area contributed by atoms with Gasteiger partial charge < -0.3 is 14.8 Å². The average Bonchev–Trinajstić information content (AvgIpc) is 2.92. The fraction of sp³-hybridized carbons (Fsp3) is 0.158. The SMILES string of the molecule is O=C(COC(=O)CN1C(=O)c2cc(Cl)c(Cl)cc2C1=O)Nc1ccc(OC(F)F)cc1. The Morgan fingerprint density at radius 3 is 2.06 bits per heavy atom. The van der Waals surface area contributed by atoms with Crippen LogP contribution >= 0.6 is 23.2 Å². The molecule has 3 rings (SSSR count). The number of carbonyl (C=O) groups excluding carboxylic acids is 4. The van der Waals surface area contributed by atoms with Crippen molar-refractivity contribution >= 4 is 52.6 Å². The Morgan fingerprint density at radius 2 is 1.55 bits per heavy atom. The van der Waals surface area contributed by atoms with Gasteiger partial charge in [0.25, 0.3) is 17.7 Å². The van der Waals surface area contributed by atoms with Gasteiger partial charge >= 0.3 is 12.6 Å². The number of benzene rings is 2. The number of nitrogens with zero attached hydrogens (tertiary/aromatic N) is 1. The number of amides is 3. The topological polar surface area (TPSA) is 102 Å². The molecule has 2 aromatic rings. The van der Waals surface area contributed by atoms with Gasteiger partial charge in [-0.1, -0.05) is 23.2 Å². The van der Waals surface area contributed by atoms with E-state index >= 15 is 0 Å². The maximum absolute atomic E-state index is 12.3. The van der Waals surface area contributed by atoms with E-state index in [2.05, 4.69) is 10.1 Å². The van der Waals surface area contributed by atoms with Crippen LogP contribution in [0.15, 0.2) is 36.4 Å². The number of hydrogen-bond donors (Lipinski definition) is 1. The van der Waals surface area contributed by atoms with E-state index in [4.69, 9.17) is 27.9 Å². The predicted molar refractivity (Wildman–Crippen MR) is 104 cm³/mol. The smallest absolute Gasteiger partial charge is 0.387 e. The Bertz CT molecular complexity index is 1020. The van der Waals surface area contributed by atoms with Crippen molar-refractivity contribution in [2.45, 2.75) is 6.61 Å². The number of rotatable bonds is 7. The lowest BCUT2D eigenvalue weighted by Gasteiger charge is -2.13. The van der Waals surface area contributed by atoms with Gasteiger partial charge in [-0.2, -0.15) is 8.78 Å². The third-order valence-electron chi connectivity index (χ3n) is 4.03. The van der Waals surface area contributed by atoms with E-state index in [-0.39, 0.29) is 32.6 Å². The van der Waals surface area contributed by atoms with Gasteiger partial charge in [0.05, 0.1) is 21.2 Å². The zero-order valence-corrected chi connectivity index (χ0v) is 16.9. The first-order valence-corrected chi connectivity index (χ1v) is 9.27. The fourth-order valence-corrected chi connectivity index (χ4v) is 2.99. The minimum atomic E-state index is -2.98. The summed E-state index contributed by atoms with van der Waals surface area (Å²) in [6, 6.07) is 7.52. The Kier molecular flexibility index (Phi) is 6.71. The molecule has 1 aliphatic rings. The first-order chi connectivity index (χ1) is 14.7. The van der Waals surface area contributed by atoms with E-state index in [1.54, 1.807) is 0 Å². The minimum absolute atomic E-state index is 0.00390. The number of hydrogen-bond acceptors (Lipinski definition) is 6. The zero-order valence-electron chi connectivity index (χ0n) is 15.4. The van der Waals surface area contributed by atoms with Crippen LogP contribution in [0.2, 0.25) is 10.0 Å². The molecule has 2 aromatic carbocycles. The van der Waals surface area contributed by atoms with Crippen molar-refractivity contribution in [3.8, 4) is 5.75 Å². The van der Waals surface area contributed by atoms with Crippen LogP contribution in [0, 0.1) is 0 Å². The molecule has 0 atom stereocenters. The van der Waals surface area contributed by atoms with Crippen molar-refractivity contribution in [1.82, 2.24) is 4.90 Å². The van der Waals surface area contributed by atoms with Gasteiger partial charge in [-0.25, -0.2) is 0 Å². The van der Waals surface area contributed by atoms with Gasteiger partial charge in [0.2, 0.25) is 0 Å². The van der Waals surface area contributed by atoms with Crippen molar-refractivity contribution < 1.29 is 37.4 Å². The predicted octanol–water partition coefficient (Wildman–Crippen LogP) is 3.37. The Hall–Kier alpha value is -3.24. The Morgan fingerprint density at radius 1 is 1.00 bits per heavy atom. The molecule has 0 radical (unpaired) electrons. The lowest BCUT2D eigenvalue weighted by Crippen LogP contribution is -2.36. The van der Waals surface area contributed by atoms with Crippen LogP contribution in [0.4, 0.5) is 14.5 Å². The number of alkyl halides is 2. The number of nitrogens with one attached hydrogen (secondary N) is 1. The van der Waals surface area contributed by atoms with Crippen molar-refractivity contribution in [2.75, 3.05) is 18.5 Å². The molecule has 1 heterocycles. The second kappa shape index (κ2) is 9.27. The maximum Gasteiger partial charge on any atom is 0.387 e. The van der Waals surface area contributed by atoms with Crippen LogP contribution in [-0.4, -0.2) is 48.4 Å². The van der Waals surface area contributed by atoms with E-state index in [1.807, 2.05) is 0 Å². The van der Waals surface area contributed by atoms with E-state index in [1.165, 1.54) is 36.4 Å². The molecule has 8 nitrogen and oxygen atoms in total. The molecular formula is C19H12Cl2F2N2O6. The highest BCUT2D eigenvalue weighted by atomic mass is 35.5. The van der Waals surface area contributed by atoms with Crippen LogP contribution in [0.1, 0.15) is 20.7 Å². The fourth-order valence-electron chi connectivity index (χ4n) is 2.66. The number of esters is 1. The molecule has 0 spiro atoms. The summed E-state index contributed by atoms with van der Waals surface area (Å²) in [4.78, 5) is 49.2. The Labute approximate surface area is 183 Å². The van der Waals surface area contributed by atoms with Gasteiger partial charge in [0.15, 0.2) is 6.61 Å². The quantitative estimate of drug-likeness (QED) is 0.489. The molecule has 1 aliphatic heterocycles. The maximum atomic E-state index is 12.3. The summed E-state index contributed by atoms with van der Waals surface area (Å²) in [5.74, 6) is -3.31. The van der Waals surface area contributed by atoms with E-state index in [0.29, 0.717) is 4.90 Å². The van der Waals surface area contributed by atoms with Gasteiger partial charge in [-0.05, 0) is 36.4 Å². The summed E-state index contributed by atoms with van der Waals surface area (Å²) < 4.78 is 33.2. The molecule has 31 heavy (non-hydrogen) atoms. The molecule has 1 N–H and O–H groups in total. The summed E-state index contributed by atoms with van der Waals surface area (Å²) >= 11 is 11.7. The lowest BCUT2D eigenvalue weighted by atomic mass is 10.1. The molecule has 0 fully saturated rings. The highest BCUT2D eigenvalue weighted by Crippen LogP contribution is 2.31. The molecule has 0 bridgehead atoms. The van der Waals surface area contributed by atoms with E-state index in [9.17, 15) is 28.0 Å². The van der Waals surface area contributed by atoms with Gasteiger partial charge in [-0.3, -0.25) is 24.1 Å². The molecule has 12 heteroatoms. The standard InChI is InChI=1S/C19H12Cl2F2N2O6/c20-13-5-11-12(6-14(13)21)18(29)25(17(11)28)7-16(27)30-8-15(26)24-9-1-3-10(4-2-9)31-19(22)23/h1-6,19H,7-8H2,(H,24,26). The minimum Gasteiger partial charge on any atom is -0.454 e. The van der Waals surface area contributed by atoms with Crippen LogP contribution < -0.4 is 10.1 Å². The monoisotopic (exact) mass is 472 g/mol. The van der Waals surface area contributed by atoms with E-state index < -0.39 is 43.5 Å². The van der Waals surface area contributed by atoms with Crippen molar-refractivity contribution in [3.05, 3.63) is 57.6 Å². The number of fused-ring (bicyclic) bond motifs is 1. The zero-order chi connectivity index (χ0) is 22.7. The molecule has 0 aliphatic carbocycles. The first kappa shape index (κ1) is 22.4. The molecule has 3 amide bonds. The highest BCUT2D eigenvalue weighted by molar-refractivity contribution is 6.43. The summed E-state index contributed by atoms with van der Waals surface area (Å²) in [5, 5.41) is 2.54. The summed E-state index contributed by atoms with van der Waals surface area (Å²) in [7, 11) is 0. The Balaban J connectivity index is 1.51. The average molecular weight is 473 g/mol. The number of anilines is 1. The molecule has 0 saturated carbocycles. The number of imide groups is 1.